The van der Waals surface area contributed by atoms with Crippen LogP contribution in [0.2, 0.25) is 0 Å². The highest BCUT2D eigenvalue weighted by molar-refractivity contribution is 5.90. The third-order valence-electron chi connectivity index (χ3n) is 11.2. The van der Waals surface area contributed by atoms with E-state index in [4.69, 9.17) is 15.2 Å². The molecule has 0 aliphatic heterocycles. The number of hydrogen-bond acceptors (Lipinski definition) is 7. The zero-order valence-electron chi connectivity index (χ0n) is 35.2. The second-order valence-electron chi connectivity index (χ2n) is 15.5. The van der Waals surface area contributed by atoms with Crippen LogP contribution in [0.15, 0.2) is 183 Å². The summed E-state index contributed by atoms with van der Waals surface area (Å²) < 4.78 is 11.7. The Balaban J connectivity index is 0.000000206. The molecular formula is C56H57N3O4. The first-order valence-corrected chi connectivity index (χ1v) is 21.4. The lowest BCUT2D eigenvalue weighted by molar-refractivity contribution is -0.120. The van der Waals surface area contributed by atoms with Crippen LogP contribution in [0.1, 0.15) is 66.0 Å². The Labute approximate surface area is 372 Å². The first kappa shape index (κ1) is 45.6. The molecule has 0 bridgehead atoms. The van der Waals surface area contributed by atoms with E-state index in [0.717, 1.165) is 74.6 Å². The first-order valence-electron chi connectivity index (χ1n) is 21.4. The molecule has 2 unspecified atom stereocenters. The number of carbonyl (C=O) groups is 2. The summed E-state index contributed by atoms with van der Waals surface area (Å²) in [6.45, 7) is 3.60. The molecule has 2 aromatic heterocycles. The van der Waals surface area contributed by atoms with E-state index < -0.39 is 0 Å². The van der Waals surface area contributed by atoms with Crippen LogP contribution in [-0.2, 0) is 35.3 Å². The van der Waals surface area contributed by atoms with Gasteiger partial charge in [0.1, 0.15) is 23.1 Å². The minimum atomic E-state index is -0.327. The van der Waals surface area contributed by atoms with Gasteiger partial charge in [-0.15, -0.1) is 0 Å². The Morgan fingerprint density at radius 2 is 0.937 bits per heavy atom. The number of ketones is 2. The van der Waals surface area contributed by atoms with Gasteiger partial charge in [-0.05, 0) is 87.0 Å². The van der Waals surface area contributed by atoms with Gasteiger partial charge in [0.05, 0.1) is 19.1 Å². The summed E-state index contributed by atoms with van der Waals surface area (Å²) in [7, 11) is 0. The van der Waals surface area contributed by atoms with Crippen LogP contribution in [0.5, 0.6) is 11.5 Å². The van der Waals surface area contributed by atoms with Gasteiger partial charge >= 0.3 is 0 Å². The van der Waals surface area contributed by atoms with E-state index in [2.05, 4.69) is 47.2 Å². The molecule has 7 heteroatoms. The number of aromatic nitrogens is 2. The van der Waals surface area contributed by atoms with Gasteiger partial charge in [-0.3, -0.25) is 19.6 Å². The molecule has 2 N–H and O–H groups in total. The largest absolute Gasteiger partial charge is 0.493 e. The van der Waals surface area contributed by atoms with Gasteiger partial charge in [-0.2, -0.15) is 0 Å². The van der Waals surface area contributed by atoms with Crippen molar-refractivity contribution < 1.29 is 19.1 Å². The van der Waals surface area contributed by atoms with E-state index in [1.54, 1.807) is 12.4 Å². The SMILES string of the molecule is C.CCC(C(=O)Cc1ccc2cnccc2c1)c1ccc(OCCc2ccccc2)cc1.NCC(C(=O)Cc1ccc2cnccc2c1)c1ccc(OCCc2ccccc2)cc1. The molecule has 2 heterocycles. The number of carbonyl (C=O) groups excluding carboxylic acids is 2. The number of fused-ring (bicyclic) bond motifs is 2. The third kappa shape index (κ3) is 13.0. The lowest BCUT2D eigenvalue weighted by Gasteiger charge is -2.15. The molecule has 7 nitrogen and oxygen atoms in total. The molecule has 0 saturated heterocycles. The molecule has 8 aromatic rings. The lowest BCUT2D eigenvalue weighted by Crippen LogP contribution is -2.23. The van der Waals surface area contributed by atoms with Crippen molar-refractivity contribution in [2.75, 3.05) is 19.8 Å². The molecule has 0 fully saturated rings. The molecule has 8 rings (SSSR count). The Morgan fingerprint density at radius 3 is 1.37 bits per heavy atom. The number of pyridine rings is 2. The minimum Gasteiger partial charge on any atom is -0.493 e. The van der Waals surface area contributed by atoms with Crippen LogP contribution in [0.4, 0.5) is 0 Å². The number of Topliss-reactive ketones (excluding diaryl/α,β-unsaturated/α-hetero) is 2. The molecule has 0 amide bonds. The van der Waals surface area contributed by atoms with Gasteiger partial charge in [0, 0.05) is 73.7 Å². The van der Waals surface area contributed by atoms with Gasteiger partial charge in [0.25, 0.3) is 0 Å². The Morgan fingerprint density at radius 1 is 0.508 bits per heavy atom. The maximum atomic E-state index is 13.1. The quantitative estimate of drug-likeness (QED) is 0.0918. The van der Waals surface area contributed by atoms with E-state index in [1.165, 1.54) is 11.1 Å². The van der Waals surface area contributed by atoms with Crippen molar-refractivity contribution in [2.24, 2.45) is 5.73 Å². The predicted octanol–water partition coefficient (Wildman–Crippen LogP) is 11.5. The smallest absolute Gasteiger partial charge is 0.145 e. The molecule has 0 radical (unpaired) electrons. The van der Waals surface area contributed by atoms with Gasteiger partial charge in [-0.25, -0.2) is 0 Å². The Bertz CT molecular complexity index is 2460. The number of ether oxygens (including phenoxy) is 2. The van der Waals surface area contributed by atoms with Crippen molar-refractivity contribution in [3.05, 3.63) is 216 Å². The lowest BCUT2D eigenvalue weighted by atomic mass is 9.88. The van der Waals surface area contributed by atoms with Gasteiger partial charge in [0.15, 0.2) is 0 Å². The molecular weight excluding hydrogens is 779 g/mol. The van der Waals surface area contributed by atoms with E-state index >= 15 is 0 Å². The normalized spacial score (nSPS) is 11.7. The molecule has 0 aliphatic carbocycles. The summed E-state index contributed by atoms with van der Waals surface area (Å²) in [5.41, 5.74) is 12.5. The van der Waals surface area contributed by atoms with Crippen molar-refractivity contribution >= 4 is 33.1 Å². The summed E-state index contributed by atoms with van der Waals surface area (Å²) in [5, 5.41) is 4.36. The first-order chi connectivity index (χ1) is 30.4. The van der Waals surface area contributed by atoms with Crippen molar-refractivity contribution in [3.63, 3.8) is 0 Å². The van der Waals surface area contributed by atoms with E-state index in [-0.39, 0.29) is 37.4 Å². The monoisotopic (exact) mass is 835 g/mol. The summed E-state index contributed by atoms with van der Waals surface area (Å²) in [6, 6.07) is 52.4. The van der Waals surface area contributed by atoms with Crippen molar-refractivity contribution in [1.29, 1.82) is 0 Å². The Hall–Kier alpha value is -6.96. The Kier molecular flexibility index (Phi) is 16.9. The molecule has 320 valence electrons. The van der Waals surface area contributed by atoms with E-state index in [0.29, 0.717) is 26.1 Å². The van der Waals surface area contributed by atoms with Crippen LogP contribution in [0.3, 0.4) is 0 Å². The molecule has 2 atom stereocenters. The van der Waals surface area contributed by atoms with Gasteiger partial charge < -0.3 is 15.2 Å². The average Bonchev–Trinajstić information content (AvgIpc) is 3.31. The molecule has 0 saturated carbocycles. The number of rotatable bonds is 18. The van der Waals surface area contributed by atoms with Crippen LogP contribution in [0.25, 0.3) is 21.5 Å². The fraction of sp³-hybridized carbons (Fsp3) is 0.214. The number of nitrogens with two attached hydrogens (primary N) is 1. The van der Waals surface area contributed by atoms with Crippen LogP contribution in [0, 0.1) is 0 Å². The predicted molar refractivity (Wildman–Crippen MR) is 257 cm³/mol. The maximum Gasteiger partial charge on any atom is 0.145 e. The fourth-order valence-electron chi connectivity index (χ4n) is 7.69. The third-order valence-corrected chi connectivity index (χ3v) is 11.2. The van der Waals surface area contributed by atoms with Gasteiger partial charge in [0.2, 0.25) is 0 Å². The summed E-state index contributed by atoms with van der Waals surface area (Å²) in [6.07, 6.45) is 10.5. The van der Waals surface area contributed by atoms with Crippen molar-refractivity contribution in [2.45, 2.75) is 58.3 Å². The minimum absolute atomic E-state index is 0. The molecule has 0 spiro atoms. The molecule has 0 aliphatic rings. The van der Waals surface area contributed by atoms with Crippen molar-refractivity contribution in [3.8, 4) is 11.5 Å². The second-order valence-corrected chi connectivity index (χ2v) is 15.5. The summed E-state index contributed by atoms with van der Waals surface area (Å²) in [5.74, 6) is 1.57. The molecule has 6 aromatic carbocycles. The van der Waals surface area contributed by atoms with Gasteiger partial charge in [-0.1, -0.05) is 136 Å². The highest BCUT2D eigenvalue weighted by atomic mass is 16.5. The van der Waals surface area contributed by atoms with E-state index in [9.17, 15) is 9.59 Å². The van der Waals surface area contributed by atoms with Crippen LogP contribution >= 0.6 is 0 Å². The topological polar surface area (TPSA) is 104 Å². The highest BCUT2D eigenvalue weighted by Gasteiger charge is 2.21. The van der Waals surface area contributed by atoms with E-state index in [1.807, 2.05) is 140 Å². The maximum absolute atomic E-state index is 13.1. The van der Waals surface area contributed by atoms with Crippen molar-refractivity contribution in [1.82, 2.24) is 9.97 Å². The average molecular weight is 836 g/mol. The number of hydrogen-bond donors (Lipinski definition) is 1. The zero-order chi connectivity index (χ0) is 42.9. The second kappa shape index (κ2) is 23.3. The van der Waals surface area contributed by atoms with Crippen LogP contribution in [-0.4, -0.2) is 41.3 Å². The summed E-state index contributed by atoms with van der Waals surface area (Å²) >= 11 is 0. The fourth-order valence-corrected chi connectivity index (χ4v) is 7.69. The van der Waals surface area contributed by atoms with Crippen LogP contribution < -0.4 is 15.2 Å². The zero-order valence-corrected chi connectivity index (χ0v) is 35.2. The summed E-state index contributed by atoms with van der Waals surface area (Å²) in [4.78, 5) is 34.3. The number of benzene rings is 6. The standard InChI is InChI=1S/C28H27NO2.C27H26N2O2.CH4/c1-2-27(28(30)19-22-8-9-25-20-29-16-14-24(25)18-22)23-10-12-26(13-11-23)31-17-15-21-6-4-3-5-7-21;28-18-26(27(30)17-21-6-7-24-19-29-14-12-23(24)16-21)22-8-10-25(11-9-22)31-15-13-20-4-2-1-3-5-20;/h3-14,16,18,20,27H,2,15,17,19H2,1H3;1-12,14,16,19,26H,13,15,17-18,28H2;1H4. The molecule has 63 heavy (non-hydrogen) atoms. The number of nitrogens with zero attached hydrogens (tertiary/aromatic N) is 2. The highest BCUT2D eigenvalue weighted by Crippen LogP contribution is 2.27.